The van der Waals surface area contributed by atoms with E-state index < -0.39 is 0 Å². The lowest BCUT2D eigenvalue weighted by Crippen LogP contribution is -2.41. The zero-order chi connectivity index (χ0) is 22.8. The summed E-state index contributed by atoms with van der Waals surface area (Å²) in [7, 11) is 0. The van der Waals surface area contributed by atoms with Gasteiger partial charge in [0.15, 0.2) is 0 Å². The Labute approximate surface area is 204 Å². The molecule has 1 aliphatic heterocycles. The zero-order valence-corrected chi connectivity index (χ0v) is 20.0. The minimum atomic E-state index is -0.373. The molecule has 1 saturated heterocycles. The van der Waals surface area contributed by atoms with Crippen molar-refractivity contribution in [1.29, 1.82) is 0 Å². The van der Waals surface area contributed by atoms with Gasteiger partial charge in [-0.15, -0.1) is 11.3 Å². The summed E-state index contributed by atoms with van der Waals surface area (Å²) in [5, 5.41) is 1.90. The summed E-state index contributed by atoms with van der Waals surface area (Å²) in [6.45, 7) is 0.424. The number of likely N-dealkylation sites (tertiary alicyclic amines) is 1. The van der Waals surface area contributed by atoms with E-state index in [0.717, 1.165) is 38.5 Å². The lowest BCUT2D eigenvalue weighted by Gasteiger charge is -2.22. The largest absolute Gasteiger partial charge is 0.278 e. The Balaban J connectivity index is 1.42. The van der Waals surface area contributed by atoms with Gasteiger partial charge in [-0.05, 0) is 48.7 Å². The number of thiophene rings is 1. The number of rotatable bonds is 4. The van der Waals surface area contributed by atoms with Crippen LogP contribution in [0.5, 0.6) is 0 Å². The van der Waals surface area contributed by atoms with Crippen LogP contribution in [-0.4, -0.2) is 38.5 Å². The van der Waals surface area contributed by atoms with Gasteiger partial charge in [-0.25, -0.2) is 9.97 Å². The highest BCUT2D eigenvalue weighted by Crippen LogP contribution is 2.38. The maximum atomic E-state index is 13.4. The molecule has 1 unspecified atom stereocenters. The number of nitrogens with zero attached hydrogens (tertiary/aromatic N) is 3. The highest BCUT2D eigenvalue weighted by molar-refractivity contribution is 8.00. The summed E-state index contributed by atoms with van der Waals surface area (Å²) in [5.74, 6) is -0.443. The number of benzene rings is 2. The Morgan fingerprint density at radius 2 is 1.85 bits per heavy atom. The van der Waals surface area contributed by atoms with E-state index >= 15 is 0 Å². The fourth-order valence-corrected chi connectivity index (χ4v) is 6.24. The number of carbonyl (C=O) groups excluding carboxylic acids is 2. The van der Waals surface area contributed by atoms with E-state index in [9.17, 15) is 9.59 Å². The number of halogens is 1. The molecule has 8 heteroatoms. The lowest BCUT2D eigenvalue weighted by molar-refractivity contribution is -0.127. The van der Waals surface area contributed by atoms with E-state index in [-0.39, 0.29) is 17.1 Å². The van der Waals surface area contributed by atoms with Gasteiger partial charge in [-0.2, -0.15) is 0 Å². The fourth-order valence-electron chi connectivity index (χ4n) is 3.87. The third-order valence-corrected chi connectivity index (χ3v) is 8.20. The van der Waals surface area contributed by atoms with Crippen molar-refractivity contribution in [3.8, 4) is 10.4 Å². The average molecular weight is 494 g/mol. The first-order valence-electron chi connectivity index (χ1n) is 10.7. The van der Waals surface area contributed by atoms with Crippen molar-refractivity contribution in [3.63, 3.8) is 0 Å². The molecular weight excluding hydrogens is 474 g/mol. The number of fused-ring (bicyclic) bond motifs is 1. The Morgan fingerprint density at radius 1 is 1.06 bits per heavy atom. The molecule has 166 valence electrons. The van der Waals surface area contributed by atoms with Crippen LogP contribution < -0.4 is 0 Å². The van der Waals surface area contributed by atoms with E-state index in [2.05, 4.69) is 28.2 Å². The Hall–Kier alpha value is -2.74. The summed E-state index contributed by atoms with van der Waals surface area (Å²) in [5.41, 5.74) is 1.59. The van der Waals surface area contributed by atoms with Crippen molar-refractivity contribution >= 4 is 56.7 Å². The van der Waals surface area contributed by atoms with Gasteiger partial charge in [0.2, 0.25) is 5.91 Å². The Bertz CT molecular complexity index is 1310. The Kier molecular flexibility index (Phi) is 6.44. The number of thioether (sulfide) groups is 1. The van der Waals surface area contributed by atoms with Gasteiger partial charge in [0.1, 0.15) is 16.2 Å². The van der Waals surface area contributed by atoms with Crippen LogP contribution in [0.2, 0.25) is 5.02 Å². The molecule has 0 bridgehead atoms. The van der Waals surface area contributed by atoms with E-state index in [1.807, 2.05) is 18.2 Å². The van der Waals surface area contributed by atoms with Crippen molar-refractivity contribution in [2.45, 2.75) is 29.5 Å². The van der Waals surface area contributed by atoms with E-state index in [0.29, 0.717) is 23.6 Å². The average Bonchev–Trinajstić information content (AvgIpc) is 3.21. The van der Waals surface area contributed by atoms with E-state index in [4.69, 9.17) is 11.6 Å². The third kappa shape index (κ3) is 4.67. The molecule has 0 N–H and O–H groups in total. The van der Waals surface area contributed by atoms with Crippen molar-refractivity contribution in [3.05, 3.63) is 77.6 Å². The van der Waals surface area contributed by atoms with Gasteiger partial charge in [0, 0.05) is 27.4 Å². The van der Waals surface area contributed by atoms with Crippen LogP contribution in [0, 0.1) is 0 Å². The number of amides is 2. The van der Waals surface area contributed by atoms with Gasteiger partial charge >= 0.3 is 0 Å². The second-order valence-corrected chi connectivity index (χ2v) is 10.4. The summed E-state index contributed by atoms with van der Waals surface area (Å²) in [4.78, 5) is 38.8. The molecule has 5 rings (SSSR count). The molecule has 1 aliphatic rings. The second kappa shape index (κ2) is 9.63. The van der Waals surface area contributed by atoms with Crippen molar-refractivity contribution in [2.24, 2.45) is 0 Å². The summed E-state index contributed by atoms with van der Waals surface area (Å²) < 4.78 is 0. The van der Waals surface area contributed by atoms with Crippen LogP contribution in [-0.2, 0) is 4.79 Å². The smallest absolute Gasteiger partial charge is 0.260 e. The lowest BCUT2D eigenvalue weighted by atomic mass is 10.2. The summed E-state index contributed by atoms with van der Waals surface area (Å²) in [6.07, 6.45) is 3.92. The normalized spacial score (nSPS) is 16.7. The summed E-state index contributed by atoms with van der Waals surface area (Å²) >= 11 is 9.00. The number of aromatic nitrogens is 2. The van der Waals surface area contributed by atoms with Gasteiger partial charge in [0.25, 0.3) is 5.91 Å². The standard InChI is InChI=1S/C25H20ClN3O2S2/c26-18-11-9-17(10-12-18)24(30)29-13-5-4-8-20(25(29)31)32-22-19-14-21(16-6-2-1-3-7-16)33-23(19)28-15-27-22/h1-3,6-7,9-12,14-15,20H,4-5,8,13H2. The molecule has 2 aromatic heterocycles. The first-order valence-corrected chi connectivity index (χ1v) is 12.8. The maximum absolute atomic E-state index is 13.4. The number of hydrogen-bond donors (Lipinski definition) is 0. The quantitative estimate of drug-likeness (QED) is 0.245. The van der Waals surface area contributed by atoms with Crippen molar-refractivity contribution in [2.75, 3.05) is 6.54 Å². The molecule has 1 atom stereocenters. The molecule has 2 aromatic carbocycles. The van der Waals surface area contributed by atoms with Crippen molar-refractivity contribution < 1.29 is 9.59 Å². The van der Waals surface area contributed by atoms with Crippen LogP contribution in [0.25, 0.3) is 20.7 Å². The van der Waals surface area contributed by atoms with Crippen LogP contribution in [0.1, 0.15) is 29.6 Å². The Morgan fingerprint density at radius 3 is 2.64 bits per heavy atom. The minimum absolute atomic E-state index is 0.164. The van der Waals surface area contributed by atoms with Crippen LogP contribution in [0.3, 0.4) is 0 Å². The van der Waals surface area contributed by atoms with Crippen molar-refractivity contribution in [1.82, 2.24) is 14.9 Å². The van der Waals surface area contributed by atoms with Gasteiger partial charge in [0.05, 0.1) is 5.25 Å². The van der Waals surface area contributed by atoms with Crippen LogP contribution in [0.15, 0.2) is 72.0 Å². The molecule has 0 aliphatic carbocycles. The molecule has 4 aromatic rings. The molecule has 5 nitrogen and oxygen atoms in total. The topological polar surface area (TPSA) is 63.2 Å². The van der Waals surface area contributed by atoms with Crippen LogP contribution in [0.4, 0.5) is 0 Å². The zero-order valence-electron chi connectivity index (χ0n) is 17.6. The molecule has 0 spiro atoms. The second-order valence-electron chi connectivity index (χ2n) is 7.78. The highest BCUT2D eigenvalue weighted by atomic mass is 35.5. The van der Waals surface area contributed by atoms with Gasteiger partial charge < -0.3 is 0 Å². The minimum Gasteiger partial charge on any atom is -0.278 e. The molecule has 1 fully saturated rings. The fraction of sp³-hybridized carbons (Fsp3) is 0.200. The monoisotopic (exact) mass is 493 g/mol. The van der Waals surface area contributed by atoms with Gasteiger partial charge in [-0.1, -0.05) is 60.1 Å². The van der Waals surface area contributed by atoms with Gasteiger partial charge in [-0.3, -0.25) is 14.5 Å². The first-order chi connectivity index (χ1) is 16.1. The predicted octanol–water partition coefficient (Wildman–Crippen LogP) is 6.33. The van der Waals surface area contributed by atoms with Crippen LogP contribution >= 0.6 is 34.7 Å². The SMILES string of the molecule is O=C(c1ccc(Cl)cc1)N1CCCCC(Sc2ncnc3sc(-c4ccccc4)cc23)C1=O. The molecule has 2 amide bonds. The number of imide groups is 1. The molecule has 0 saturated carbocycles. The molecule has 3 heterocycles. The first kappa shape index (κ1) is 22.1. The van der Waals surface area contributed by atoms with E-state index in [1.54, 1.807) is 41.9 Å². The molecule has 0 radical (unpaired) electrons. The highest BCUT2D eigenvalue weighted by Gasteiger charge is 2.33. The maximum Gasteiger partial charge on any atom is 0.260 e. The predicted molar refractivity (Wildman–Crippen MR) is 134 cm³/mol. The molecular formula is C25H20ClN3O2S2. The number of hydrogen-bond acceptors (Lipinski definition) is 6. The molecule has 33 heavy (non-hydrogen) atoms. The summed E-state index contributed by atoms with van der Waals surface area (Å²) in [6, 6.07) is 18.9. The third-order valence-electron chi connectivity index (χ3n) is 5.58. The van der Waals surface area contributed by atoms with E-state index in [1.165, 1.54) is 16.7 Å². The number of carbonyl (C=O) groups is 2.